The number of hydrogen-bond acceptors (Lipinski definition) is 5. The summed E-state index contributed by atoms with van der Waals surface area (Å²) < 4.78 is 21.8. The lowest BCUT2D eigenvalue weighted by atomic mass is 9.98. The zero-order valence-corrected chi connectivity index (χ0v) is 18.1. The Hall–Kier alpha value is -2.67. The topological polar surface area (TPSA) is 57.2 Å². The molecular weight excluding hydrogens is 394 g/mol. The third-order valence-corrected chi connectivity index (χ3v) is 5.20. The molecular formula is C25H31NO5. The van der Waals surface area contributed by atoms with Crippen LogP contribution in [0.1, 0.15) is 17.0 Å². The second kappa shape index (κ2) is 12.2. The fourth-order valence-corrected chi connectivity index (χ4v) is 3.60. The molecule has 0 aromatic heterocycles. The SMILES string of the molecule is C=CCOCCOCCOCCN(C)C(=O)OCC1c2ccccc2-c2ccccc21. The standard InChI is InChI=1S/C25H31NO5/c1-3-13-28-15-17-30-18-16-29-14-12-26(2)25(27)31-19-24-22-10-6-4-8-20(22)21-9-5-7-11-23(21)24/h3-11,24H,1,12-19H2,2H3. The van der Waals surface area contributed by atoms with Crippen molar-refractivity contribution in [2.75, 3.05) is 59.8 Å². The molecule has 1 aliphatic rings. The minimum atomic E-state index is -0.346. The number of carbonyl (C=O) groups is 1. The predicted molar refractivity (Wildman–Crippen MR) is 120 cm³/mol. The molecule has 0 radical (unpaired) electrons. The van der Waals surface area contributed by atoms with Crippen LogP contribution in [0.15, 0.2) is 61.2 Å². The van der Waals surface area contributed by atoms with Crippen LogP contribution in [-0.4, -0.2) is 70.8 Å². The molecule has 0 fully saturated rings. The van der Waals surface area contributed by atoms with Gasteiger partial charge in [0, 0.05) is 19.5 Å². The highest BCUT2D eigenvalue weighted by molar-refractivity contribution is 5.79. The van der Waals surface area contributed by atoms with Gasteiger partial charge in [0.25, 0.3) is 0 Å². The molecule has 0 unspecified atom stereocenters. The summed E-state index contributed by atoms with van der Waals surface area (Å²) in [4.78, 5) is 14.0. The Labute approximate surface area is 184 Å². The van der Waals surface area contributed by atoms with E-state index in [4.69, 9.17) is 18.9 Å². The maximum absolute atomic E-state index is 12.4. The van der Waals surface area contributed by atoms with E-state index in [1.807, 2.05) is 24.3 Å². The molecule has 0 aliphatic heterocycles. The quantitative estimate of drug-likeness (QED) is 0.357. The van der Waals surface area contributed by atoms with Gasteiger partial charge in [0.05, 0.1) is 39.6 Å². The van der Waals surface area contributed by atoms with Crippen LogP contribution in [0.25, 0.3) is 11.1 Å². The maximum Gasteiger partial charge on any atom is 0.409 e. The van der Waals surface area contributed by atoms with E-state index >= 15 is 0 Å². The average molecular weight is 426 g/mol. The molecule has 0 saturated carbocycles. The second-order valence-corrected chi connectivity index (χ2v) is 7.31. The fourth-order valence-electron chi connectivity index (χ4n) is 3.60. The first kappa shape index (κ1) is 23.0. The normalized spacial score (nSPS) is 12.3. The van der Waals surface area contributed by atoms with Gasteiger partial charge in [-0.05, 0) is 22.3 Å². The van der Waals surface area contributed by atoms with Crippen molar-refractivity contribution in [2.45, 2.75) is 5.92 Å². The fraction of sp³-hybridized carbons (Fsp3) is 0.400. The van der Waals surface area contributed by atoms with E-state index in [-0.39, 0.29) is 12.0 Å². The van der Waals surface area contributed by atoms with E-state index in [0.717, 1.165) is 0 Å². The number of amides is 1. The summed E-state index contributed by atoms with van der Waals surface area (Å²) in [7, 11) is 1.72. The van der Waals surface area contributed by atoms with Gasteiger partial charge in [-0.1, -0.05) is 54.6 Å². The van der Waals surface area contributed by atoms with Crippen LogP contribution >= 0.6 is 0 Å². The summed E-state index contributed by atoms with van der Waals surface area (Å²) in [6.45, 7) is 7.34. The van der Waals surface area contributed by atoms with Crippen LogP contribution in [0.2, 0.25) is 0 Å². The number of rotatable bonds is 13. The molecule has 1 aliphatic carbocycles. The van der Waals surface area contributed by atoms with Gasteiger partial charge in [0.15, 0.2) is 0 Å². The highest BCUT2D eigenvalue weighted by Crippen LogP contribution is 2.44. The van der Waals surface area contributed by atoms with E-state index < -0.39 is 0 Å². The smallest absolute Gasteiger partial charge is 0.409 e. The molecule has 3 rings (SSSR count). The molecule has 0 heterocycles. The van der Waals surface area contributed by atoms with Crippen molar-refractivity contribution in [2.24, 2.45) is 0 Å². The van der Waals surface area contributed by atoms with E-state index in [0.29, 0.717) is 52.8 Å². The maximum atomic E-state index is 12.4. The highest BCUT2D eigenvalue weighted by atomic mass is 16.6. The van der Waals surface area contributed by atoms with Gasteiger partial charge in [-0.2, -0.15) is 0 Å². The molecule has 0 spiro atoms. The van der Waals surface area contributed by atoms with Crippen molar-refractivity contribution in [3.8, 4) is 11.1 Å². The Morgan fingerprint density at radius 1 is 0.903 bits per heavy atom. The van der Waals surface area contributed by atoms with Gasteiger partial charge in [0.1, 0.15) is 6.61 Å². The van der Waals surface area contributed by atoms with Gasteiger partial charge in [-0.3, -0.25) is 0 Å². The Kier molecular flexibility index (Phi) is 9.09. The van der Waals surface area contributed by atoms with Gasteiger partial charge < -0.3 is 23.8 Å². The first-order valence-electron chi connectivity index (χ1n) is 10.6. The van der Waals surface area contributed by atoms with Crippen LogP contribution in [0.5, 0.6) is 0 Å². The van der Waals surface area contributed by atoms with E-state index in [1.54, 1.807) is 13.1 Å². The van der Waals surface area contributed by atoms with Gasteiger partial charge in [-0.15, -0.1) is 6.58 Å². The molecule has 31 heavy (non-hydrogen) atoms. The third kappa shape index (κ3) is 6.40. The molecule has 0 atom stereocenters. The lowest BCUT2D eigenvalue weighted by Crippen LogP contribution is -2.32. The van der Waals surface area contributed by atoms with Gasteiger partial charge in [0.2, 0.25) is 0 Å². The van der Waals surface area contributed by atoms with Crippen LogP contribution in [0, 0.1) is 0 Å². The van der Waals surface area contributed by atoms with Crippen molar-refractivity contribution < 1.29 is 23.7 Å². The highest BCUT2D eigenvalue weighted by Gasteiger charge is 2.29. The number of hydrogen-bond donors (Lipinski definition) is 0. The number of ether oxygens (including phenoxy) is 4. The molecule has 2 aromatic carbocycles. The average Bonchev–Trinajstić information content (AvgIpc) is 3.12. The van der Waals surface area contributed by atoms with Crippen molar-refractivity contribution >= 4 is 6.09 Å². The molecule has 166 valence electrons. The van der Waals surface area contributed by atoms with E-state index in [1.165, 1.54) is 27.2 Å². The zero-order chi connectivity index (χ0) is 21.9. The summed E-state index contributed by atoms with van der Waals surface area (Å²) >= 11 is 0. The molecule has 0 saturated heterocycles. The van der Waals surface area contributed by atoms with Crippen LogP contribution in [0.3, 0.4) is 0 Å². The second-order valence-electron chi connectivity index (χ2n) is 7.31. The molecule has 0 N–H and O–H groups in total. The molecule has 6 nitrogen and oxygen atoms in total. The summed E-state index contributed by atoms with van der Waals surface area (Å²) in [6, 6.07) is 16.6. The van der Waals surface area contributed by atoms with Crippen molar-refractivity contribution in [1.29, 1.82) is 0 Å². The number of carbonyl (C=O) groups excluding carboxylic acids is 1. The van der Waals surface area contributed by atoms with E-state index in [9.17, 15) is 4.79 Å². The first-order chi connectivity index (χ1) is 15.2. The Balaban J connectivity index is 1.35. The van der Waals surface area contributed by atoms with Gasteiger partial charge >= 0.3 is 6.09 Å². The van der Waals surface area contributed by atoms with Crippen molar-refractivity contribution in [1.82, 2.24) is 4.90 Å². The first-order valence-corrected chi connectivity index (χ1v) is 10.6. The van der Waals surface area contributed by atoms with Gasteiger partial charge in [-0.25, -0.2) is 4.79 Å². The number of fused-ring (bicyclic) bond motifs is 3. The minimum Gasteiger partial charge on any atom is -0.448 e. The number of benzene rings is 2. The lowest BCUT2D eigenvalue weighted by molar-refractivity contribution is 0.0154. The van der Waals surface area contributed by atoms with Crippen LogP contribution < -0.4 is 0 Å². The molecule has 2 aromatic rings. The van der Waals surface area contributed by atoms with Crippen molar-refractivity contribution in [3.63, 3.8) is 0 Å². The molecule has 1 amide bonds. The summed E-state index contributed by atoms with van der Waals surface area (Å²) in [5.74, 6) is 0.0635. The predicted octanol–water partition coefficient (Wildman–Crippen LogP) is 4.10. The summed E-state index contributed by atoms with van der Waals surface area (Å²) in [6.07, 6.45) is 1.36. The minimum absolute atomic E-state index is 0.0635. The monoisotopic (exact) mass is 425 g/mol. The Bertz CT molecular complexity index is 808. The Morgan fingerprint density at radius 3 is 2.06 bits per heavy atom. The summed E-state index contributed by atoms with van der Waals surface area (Å²) in [5.41, 5.74) is 4.85. The summed E-state index contributed by atoms with van der Waals surface area (Å²) in [5, 5.41) is 0. The zero-order valence-electron chi connectivity index (χ0n) is 18.1. The molecule has 6 heteroatoms. The lowest BCUT2D eigenvalue weighted by Gasteiger charge is -2.19. The molecule has 0 bridgehead atoms. The largest absolute Gasteiger partial charge is 0.448 e. The number of nitrogens with zero attached hydrogens (tertiary/aromatic N) is 1. The number of likely N-dealkylation sites (N-methyl/N-ethyl adjacent to an activating group) is 1. The van der Waals surface area contributed by atoms with Crippen LogP contribution in [-0.2, 0) is 18.9 Å². The van der Waals surface area contributed by atoms with E-state index in [2.05, 4.69) is 30.8 Å². The Morgan fingerprint density at radius 2 is 1.45 bits per heavy atom. The van der Waals surface area contributed by atoms with Crippen LogP contribution in [0.4, 0.5) is 4.79 Å². The third-order valence-electron chi connectivity index (χ3n) is 5.20. The van der Waals surface area contributed by atoms with Crippen molar-refractivity contribution in [3.05, 3.63) is 72.3 Å².